The lowest BCUT2D eigenvalue weighted by Crippen LogP contribution is -2.42. The lowest BCUT2D eigenvalue weighted by atomic mass is 10.1. The van der Waals surface area contributed by atoms with E-state index in [0.29, 0.717) is 15.4 Å². The fraction of sp³-hybridized carbons (Fsp3) is 0.167. The summed E-state index contributed by atoms with van der Waals surface area (Å²) in [6.07, 6.45) is 0.186. The second-order valence-electron chi connectivity index (χ2n) is 5.69. The van der Waals surface area contributed by atoms with Crippen LogP contribution in [0.4, 0.5) is 10.1 Å². The highest BCUT2D eigenvalue weighted by atomic mass is 79.9. The van der Waals surface area contributed by atoms with Gasteiger partial charge in [0.05, 0.1) is 16.6 Å². The number of para-hydroxylation sites is 1. The van der Waals surface area contributed by atoms with Crippen LogP contribution in [-0.4, -0.2) is 15.5 Å². The SMILES string of the molecule is CC[C@@H](C(=O)Nc1ccc(Br)cc1F)n1c(=O)[nH]c2ccccc2c1=O. The van der Waals surface area contributed by atoms with Gasteiger partial charge in [-0.05, 0) is 36.8 Å². The molecule has 3 rings (SSSR count). The molecule has 3 aromatic rings. The second kappa shape index (κ2) is 7.25. The molecule has 26 heavy (non-hydrogen) atoms. The Kier molecular flexibility index (Phi) is 5.03. The van der Waals surface area contributed by atoms with Crippen LogP contribution in [0.25, 0.3) is 10.9 Å². The van der Waals surface area contributed by atoms with E-state index in [4.69, 9.17) is 0 Å². The van der Waals surface area contributed by atoms with E-state index in [0.717, 1.165) is 4.57 Å². The Balaban J connectivity index is 2.03. The van der Waals surface area contributed by atoms with Gasteiger partial charge in [-0.15, -0.1) is 0 Å². The van der Waals surface area contributed by atoms with Crippen LogP contribution in [0.5, 0.6) is 0 Å². The molecule has 2 N–H and O–H groups in total. The first-order chi connectivity index (χ1) is 12.4. The maximum absolute atomic E-state index is 14.0. The molecule has 0 fully saturated rings. The van der Waals surface area contributed by atoms with Crippen LogP contribution in [0, 0.1) is 5.82 Å². The zero-order chi connectivity index (χ0) is 18.8. The third-order valence-electron chi connectivity index (χ3n) is 4.03. The van der Waals surface area contributed by atoms with Crippen molar-refractivity contribution in [3.8, 4) is 0 Å². The van der Waals surface area contributed by atoms with Gasteiger partial charge in [-0.1, -0.05) is 35.0 Å². The first-order valence-electron chi connectivity index (χ1n) is 7.92. The van der Waals surface area contributed by atoms with Gasteiger partial charge >= 0.3 is 5.69 Å². The molecule has 0 saturated heterocycles. The van der Waals surface area contributed by atoms with Crippen molar-refractivity contribution in [2.45, 2.75) is 19.4 Å². The van der Waals surface area contributed by atoms with E-state index < -0.39 is 29.0 Å². The van der Waals surface area contributed by atoms with Crippen molar-refractivity contribution in [1.82, 2.24) is 9.55 Å². The van der Waals surface area contributed by atoms with Gasteiger partial charge in [0.2, 0.25) is 5.91 Å². The van der Waals surface area contributed by atoms with Gasteiger partial charge in [-0.25, -0.2) is 13.8 Å². The minimum Gasteiger partial charge on any atom is -0.322 e. The minimum atomic E-state index is -1.07. The van der Waals surface area contributed by atoms with Crippen LogP contribution in [0.2, 0.25) is 0 Å². The first-order valence-corrected chi connectivity index (χ1v) is 8.71. The highest BCUT2D eigenvalue weighted by Gasteiger charge is 2.24. The van der Waals surface area contributed by atoms with Gasteiger partial charge < -0.3 is 10.3 Å². The molecule has 0 unspecified atom stereocenters. The van der Waals surface area contributed by atoms with E-state index in [1.54, 1.807) is 37.3 Å². The molecule has 1 aromatic heterocycles. The van der Waals surface area contributed by atoms with E-state index in [-0.39, 0.29) is 12.1 Å². The fourth-order valence-corrected chi connectivity index (χ4v) is 3.08. The monoisotopic (exact) mass is 419 g/mol. The average Bonchev–Trinajstić information content (AvgIpc) is 2.61. The topological polar surface area (TPSA) is 84.0 Å². The van der Waals surface area contributed by atoms with E-state index in [1.165, 1.54) is 12.1 Å². The van der Waals surface area contributed by atoms with E-state index >= 15 is 0 Å². The molecule has 1 amide bonds. The maximum Gasteiger partial charge on any atom is 0.329 e. The predicted octanol–water partition coefficient (Wildman–Crippen LogP) is 3.18. The number of fused-ring (bicyclic) bond motifs is 1. The van der Waals surface area contributed by atoms with Gasteiger partial charge in [0, 0.05) is 4.47 Å². The van der Waals surface area contributed by atoms with Gasteiger partial charge in [0.25, 0.3) is 5.56 Å². The van der Waals surface area contributed by atoms with Gasteiger partial charge in [0.15, 0.2) is 0 Å². The van der Waals surface area contributed by atoms with E-state index in [9.17, 15) is 18.8 Å². The predicted molar refractivity (Wildman–Crippen MR) is 101 cm³/mol. The number of nitrogens with one attached hydrogen (secondary N) is 2. The quantitative estimate of drug-likeness (QED) is 0.680. The van der Waals surface area contributed by atoms with Crippen molar-refractivity contribution in [2.24, 2.45) is 0 Å². The summed E-state index contributed by atoms with van der Waals surface area (Å²) in [6, 6.07) is 9.67. The van der Waals surface area contributed by atoms with E-state index in [1.807, 2.05) is 0 Å². The number of aromatic amines is 1. The first kappa shape index (κ1) is 18.1. The largest absolute Gasteiger partial charge is 0.329 e. The average molecular weight is 420 g/mol. The molecular weight excluding hydrogens is 405 g/mol. The number of nitrogens with zero attached hydrogens (tertiary/aromatic N) is 1. The standard InChI is InChI=1S/C18H15BrFN3O3/c1-2-15(16(24)21-14-8-7-10(19)9-12(14)20)23-17(25)11-5-3-4-6-13(11)22-18(23)26/h3-9,15H,2H2,1H3,(H,21,24)(H,22,26)/t15-/m0/s1. The molecule has 8 heteroatoms. The highest BCUT2D eigenvalue weighted by molar-refractivity contribution is 9.10. The van der Waals surface area contributed by atoms with Gasteiger partial charge in [-0.2, -0.15) is 0 Å². The van der Waals surface area contributed by atoms with Crippen LogP contribution in [-0.2, 0) is 4.79 Å². The number of amides is 1. The Labute approximate surface area is 155 Å². The van der Waals surface area contributed by atoms with Crippen molar-refractivity contribution in [3.05, 3.63) is 73.6 Å². The molecule has 134 valence electrons. The summed E-state index contributed by atoms with van der Waals surface area (Å²) < 4.78 is 15.4. The maximum atomic E-state index is 14.0. The van der Waals surface area contributed by atoms with E-state index in [2.05, 4.69) is 26.2 Å². The molecule has 0 saturated carbocycles. The zero-order valence-electron chi connectivity index (χ0n) is 13.8. The number of hydrogen-bond donors (Lipinski definition) is 2. The minimum absolute atomic E-state index is 0.0260. The Morgan fingerprint density at radius 3 is 2.69 bits per heavy atom. The number of carbonyl (C=O) groups excluding carboxylic acids is 1. The number of rotatable bonds is 4. The zero-order valence-corrected chi connectivity index (χ0v) is 15.3. The van der Waals surface area contributed by atoms with Crippen LogP contribution >= 0.6 is 15.9 Å². The Hall–Kier alpha value is -2.74. The number of benzene rings is 2. The summed E-state index contributed by atoms with van der Waals surface area (Å²) in [4.78, 5) is 40.3. The second-order valence-corrected chi connectivity index (χ2v) is 6.60. The third-order valence-corrected chi connectivity index (χ3v) is 4.52. The van der Waals surface area contributed by atoms with Crippen LogP contribution in [0.1, 0.15) is 19.4 Å². The lowest BCUT2D eigenvalue weighted by molar-refractivity contribution is -0.119. The van der Waals surface area contributed by atoms with Crippen LogP contribution in [0.15, 0.2) is 56.5 Å². The number of anilines is 1. The molecule has 0 aliphatic heterocycles. The van der Waals surface area contributed by atoms with Crippen molar-refractivity contribution in [3.63, 3.8) is 0 Å². The molecule has 6 nitrogen and oxygen atoms in total. The molecule has 0 aliphatic rings. The Morgan fingerprint density at radius 2 is 2.00 bits per heavy atom. The molecule has 0 aliphatic carbocycles. The lowest BCUT2D eigenvalue weighted by Gasteiger charge is -2.17. The fourth-order valence-electron chi connectivity index (χ4n) is 2.75. The summed E-state index contributed by atoms with van der Waals surface area (Å²) in [5, 5.41) is 2.74. The highest BCUT2D eigenvalue weighted by Crippen LogP contribution is 2.21. The summed E-state index contributed by atoms with van der Waals surface area (Å²) in [6.45, 7) is 1.67. The third kappa shape index (κ3) is 3.32. The number of aromatic nitrogens is 2. The van der Waals surface area contributed by atoms with Gasteiger partial charge in [0.1, 0.15) is 11.9 Å². The number of halogens is 2. The van der Waals surface area contributed by atoms with Crippen molar-refractivity contribution >= 4 is 38.4 Å². The molecule has 0 radical (unpaired) electrons. The number of hydrogen-bond acceptors (Lipinski definition) is 3. The summed E-state index contributed by atoms with van der Waals surface area (Å²) in [5.74, 6) is -1.26. The number of H-pyrrole nitrogens is 1. The van der Waals surface area contributed by atoms with Crippen molar-refractivity contribution in [1.29, 1.82) is 0 Å². The molecular formula is C18H15BrFN3O3. The summed E-state index contributed by atoms with van der Waals surface area (Å²) in [5.41, 5.74) is -0.885. The normalized spacial score (nSPS) is 12.1. The van der Waals surface area contributed by atoms with Crippen molar-refractivity contribution < 1.29 is 9.18 Å². The number of carbonyl (C=O) groups is 1. The smallest absolute Gasteiger partial charge is 0.322 e. The summed E-state index contributed by atoms with van der Waals surface area (Å²) >= 11 is 3.14. The van der Waals surface area contributed by atoms with Crippen LogP contribution < -0.4 is 16.6 Å². The Morgan fingerprint density at radius 1 is 1.27 bits per heavy atom. The molecule has 1 heterocycles. The molecule has 2 aromatic carbocycles. The molecule has 1 atom stereocenters. The van der Waals surface area contributed by atoms with Crippen LogP contribution in [0.3, 0.4) is 0 Å². The summed E-state index contributed by atoms with van der Waals surface area (Å²) in [7, 11) is 0. The molecule has 0 bridgehead atoms. The molecule has 0 spiro atoms. The van der Waals surface area contributed by atoms with Crippen molar-refractivity contribution in [2.75, 3.05) is 5.32 Å². The Bertz CT molecular complexity index is 1110. The van der Waals surface area contributed by atoms with Gasteiger partial charge in [-0.3, -0.25) is 9.59 Å².